The maximum atomic E-state index is 13.0. The van der Waals surface area contributed by atoms with Crippen LogP contribution in [0.1, 0.15) is 10.4 Å². The Bertz CT molecular complexity index is 354. The molecule has 5 heteroatoms. The monoisotopic (exact) mass is 328 g/mol. The zero-order valence-electron chi connectivity index (χ0n) is 6.28. The summed E-state index contributed by atoms with van der Waals surface area (Å²) in [6, 6.07) is 2.63. The second-order valence-electron chi connectivity index (χ2n) is 2.30. The Morgan fingerprint density at radius 1 is 1.38 bits per heavy atom. The SMILES string of the molecule is O=C(CCl)c1cc(F)c(Br)cc1Br. The fraction of sp³-hybridized carbons (Fsp3) is 0.125. The van der Waals surface area contributed by atoms with Crippen molar-refractivity contribution in [2.75, 3.05) is 5.88 Å². The molecule has 0 aliphatic rings. The standard InChI is InChI=1S/C8H4Br2ClFO/c9-5-2-6(10)7(12)1-4(5)8(13)3-11/h1-2H,3H2. The minimum Gasteiger partial charge on any atom is -0.293 e. The lowest BCUT2D eigenvalue weighted by Crippen LogP contribution is -2.02. The first-order chi connectivity index (χ1) is 6.06. The van der Waals surface area contributed by atoms with Crippen molar-refractivity contribution in [2.24, 2.45) is 0 Å². The van der Waals surface area contributed by atoms with Crippen molar-refractivity contribution >= 4 is 49.2 Å². The fourth-order valence-corrected chi connectivity index (χ4v) is 2.17. The molecule has 13 heavy (non-hydrogen) atoms. The van der Waals surface area contributed by atoms with Gasteiger partial charge in [0.15, 0.2) is 5.78 Å². The molecule has 1 nitrogen and oxygen atoms in total. The summed E-state index contributed by atoms with van der Waals surface area (Å²) in [4.78, 5) is 11.2. The van der Waals surface area contributed by atoms with Gasteiger partial charge in [-0.05, 0) is 28.1 Å². The molecule has 0 saturated heterocycles. The van der Waals surface area contributed by atoms with Gasteiger partial charge in [0.2, 0.25) is 0 Å². The van der Waals surface area contributed by atoms with Gasteiger partial charge in [0, 0.05) is 10.0 Å². The normalized spacial score (nSPS) is 10.2. The Kier molecular flexibility index (Phi) is 3.88. The van der Waals surface area contributed by atoms with Crippen LogP contribution in [-0.2, 0) is 0 Å². The van der Waals surface area contributed by atoms with Gasteiger partial charge in [0.1, 0.15) is 5.82 Å². The molecular weight excluding hydrogens is 326 g/mol. The molecule has 0 heterocycles. The van der Waals surface area contributed by atoms with Crippen LogP contribution in [0.5, 0.6) is 0 Å². The minimum atomic E-state index is -0.475. The van der Waals surface area contributed by atoms with Gasteiger partial charge in [-0.2, -0.15) is 0 Å². The highest BCUT2D eigenvalue weighted by atomic mass is 79.9. The summed E-state index contributed by atoms with van der Waals surface area (Å²) < 4.78 is 13.8. The second-order valence-corrected chi connectivity index (χ2v) is 4.28. The minimum absolute atomic E-state index is 0.153. The lowest BCUT2D eigenvalue weighted by molar-refractivity contribution is 0.102. The van der Waals surface area contributed by atoms with E-state index in [0.29, 0.717) is 8.95 Å². The van der Waals surface area contributed by atoms with Crippen molar-refractivity contribution in [3.05, 3.63) is 32.5 Å². The van der Waals surface area contributed by atoms with E-state index >= 15 is 0 Å². The van der Waals surface area contributed by atoms with Crippen molar-refractivity contribution in [3.63, 3.8) is 0 Å². The molecule has 0 bridgehead atoms. The largest absolute Gasteiger partial charge is 0.293 e. The van der Waals surface area contributed by atoms with Crippen LogP contribution in [0.3, 0.4) is 0 Å². The summed E-state index contributed by atoms with van der Waals surface area (Å²) >= 11 is 11.5. The van der Waals surface area contributed by atoms with Gasteiger partial charge >= 0.3 is 0 Å². The van der Waals surface area contributed by atoms with Crippen molar-refractivity contribution in [1.82, 2.24) is 0 Å². The first kappa shape index (κ1) is 11.1. The van der Waals surface area contributed by atoms with Crippen LogP contribution in [0, 0.1) is 5.82 Å². The number of carbonyl (C=O) groups is 1. The van der Waals surface area contributed by atoms with Gasteiger partial charge < -0.3 is 0 Å². The Labute approximate surface area is 96.5 Å². The van der Waals surface area contributed by atoms with Crippen LogP contribution in [0.15, 0.2) is 21.1 Å². The third kappa shape index (κ3) is 2.51. The number of hydrogen-bond acceptors (Lipinski definition) is 1. The lowest BCUT2D eigenvalue weighted by atomic mass is 10.1. The molecule has 0 radical (unpaired) electrons. The van der Waals surface area contributed by atoms with E-state index in [9.17, 15) is 9.18 Å². The first-order valence-electron chi connectivity index (χ1n) is 3.30. The van der Waals surface area contributed by atoms with Crippen LogP contribution in [-0.4, -0.2) is 11.7 Å². The molecule has 0 aliphatic carbocycles. The predicted molar refractivity (Wildman–Crippen MR) is 56.9 cm³/mol. The first-order valence-corrected chi connectivity index (χ1v) is 5.42. The third-order valence-electron chi connectivity index (χ3n) is 1.43. The summed E-state index contributed by atoms with van der Waals surface area (Å²) in [7, 11) is 0. The molecule has 0 amide bonds. The highest BCUT2D eigenvalue weighted by Crippen LogP contribution is 2.25. The number of Topliss-reactive ketones (excluding diaryl/α,β-unsaturated/α-hetero) is 1. The molecule has 0 aliphatic heterocycles. The van der Waals surface area contributed by atoms with Crippen molar-refractivity contribution in [3.8, 4) is 0 Å². The summed E-state index contributed by atoms with van der Waals surface area (Å²) in [6.45, 7) is 0. The molecule has 1 rings (SSSR count). The number of ketones is 1. The van der Waals surface area contributed by atoms with Crippen LogP contribution in [0.2, 0.25) is 0 Å². The van der Waals surface area contributed by atoms with Crippen LogP contribution < -0.4 is 0 Å². The number of carbonyl (C=O) groups excluding carboxylic acids is 1. The molecule has 0 N–H and O–H groups in total. The molecule has 70 valence electrons. The average molecular weight is 330 g/mol. The van der Waals surface area contributed by atoms with E-state index < -0.39 is 5.82 Å². The average Bonchev–Trinajstić information content (AvgIpc) is 2.10. The Balaban J connectivity index is 3.23. The molecule has 0 aromatic heterocycles. The number of rotatable bonds is 2. The van der Waals surface area contributed by atoms with Crippen LogP contribution in [0.25, 0.3) is 0 Å². The quantitative estimate of drug-likeness (QED) is 0.458. The van der Waals surface area contributed by atoms with E-state index in [1.165, 1.54) is 6.07 Å². The zero-order chi connectivity index (χ0) is 10.0. The highest BCUT2D eigenvalue weighted by Gasteiger charge is 2.12. The highest BCUT2D eigenvalue weighted by molar-refractivity contribution is 9.11. The van der Waals surface area contributed by atoms with Gasteiger partial charge in [-0.15, -0.1) is 11.6 Å². The van der Waals surface area contributed by atoms with Crippen LogP contribution in [0.4, 0.5) is 4.39 Å². The maximum absolute atomic E-state index is 13.0. The molecular formula is C8H4Br2ClFO. The van der Waals surface area contributed by atoms with Crippen molar-refractivity contribution < 1.29 is 9.18 Å². The van der Waals surface area contributed by atoms with E-state index in [0.717, 1.165) is 6.07 Å². The van der Waals surface area contributed by atoms with Gasteiger partial charge in [-0.3, -0.25) is 4.79 Å². The zero-order valence-corrected chi connectivity index (χ0v) is 10.2. The Morgan fingerprint density at radius 2 is 2.00 bits per heavy atom. The topological polar surface area (TPSA) is 17.1 Å². The molecule has 0 spiro atoms. The second kappa shape index (κ2) is 4.53. The summed E-state index contributed by atoms with van der Waals surface area (Å²) in [6.07, 6.45) is 0. The fourth-order valence-electron chi connectivity index (χ4n) is 0.808. The molecule has 1 aromatic rings. The van der Waals surface area contributed by atoms with Gasteiger partial charge in [-0.25, -0.2) is 4.39 Å². The molecule has 0 unspecified atom stereocenters. The van der Waals surface area contributed by atoms with E-state index in [2.05, 4.69) is 31.9 Å². The Hall–Kier alpha value is 0.0700. The lowest BCUT2D eigenvalue weighted by Gasteiger charge is -2.02. The third-order valence-corrected chi connectivity index (χ3v) is 2.94. The van der Waals surface area contributed by atoms with E-state index in [4.69, 9.17) is 11.6 Å². The van der Waals surface area contributed by atoms with Gasteiger partial charge in [0.25, 0.3) is 0 Å². The van der Waals surface area contributed by atoms with Crippen molar-refractivity contribution in [1.29, 1.82) is 0 Å². The number of hydrogen-bond donors (Lipinski definition) is 0. The molecule has 0 fully saturated rings. The van der Waals surface area contributed by atoms with Crippen molar-refractivity contribution in [2.45, 2.75) is 0 Å². The van der Waals surface area contributed by atoms with E-state index in [1.807, 2.05) is 0 Å². The number of alkyl halides is 1. The van der Waals surface area contributed by atoms with Gasteiger partial charge in [-0.1, -0.05) is 15.9 Å². The molecule has 1 aromatic carbocycles. The predicted octanol–water partition coefficient (Wildman–Crippen LogP) is 3.77. The molecule has 0 atom stereocenters. The summed E-state index contributed by atoms with van der Waals surface area (Å²) in [5, 5.41) is 0. The van der Waals surface area contributed by atoms with E-state index in [-0.39, 0.29) is 17.2 Å². The number of benzene rings is 1. The van der Waals surface area contributed by atoms with Gasteiger partial charge in [0.05, 0.1) is 10.4 Å². The Morgan fingerprint density at radius 3 is 2.54 bits per heavy atom. The smallest absolute Gasteiger partial charge is 0.178 e. The van der Waals surface area contributed by atoms with Crippen LogP contribution >= 0.6 is 43.5 Å². The summed E-state index contributed by atoms with van der Waals surface area (Å²) in [5.74, 6) is -0.934. The molecule has 0 saturated carbocycles. The van der Waals surface area contributed by atoms with E-state index in [1.54, 1.807) is 0 Å². The summed E-state index contributed by atoms with van der Waals surface area (Å²) in [5.41, 5.74) is 0.260. The number of halogens is 4. The maximum Gasteiger partial charge on any atom is 0.178 e.